The Morgan fingerprint density at radius 3 is 2.53 bits per heavy atom. The summed E-state index contributed by atoms with van der Waals surface area (Å²) >= 11 is 7.54. The van der Waals surface area contributed by atoms with Crippen LogP contribution < -0.4 is 9.04 Å². The Morgan fingerprint density at radius 2 is 1.79 bits per heavy atom. The van der Waals surface area contributed by atoms with Gasteiger partial charge in [0.05, 0.1) is 22.9 Å². The Bertz CT molecular complexity index is 1120. The number of halogens is 4. The molecule has 2 aliphatic heterocycles. The molecule has 1 saturated heterocycles. The second kappa shape index (κ2) is 10.6. The number of likely N-dealkylation sites (tertiary alicyclic amines) is 1. The molecule has 0 spiro atoms. The molecule has 11 heteroatoms. The van der Waals surface area contributed by atoms with Gasteiger partial charge in [-0.05, 0) is 62.7 Å². The van der Waals surface area contributed by atoms with E-state index in [1.807, 2.05) is 0 Å². The molecule has 0 N–H and O–H groups in total. The highest BCUT2D eigenvalue weighted by atomic mass is 35.5. The minimum Gasteiger partial charge on any atom is -0.493 e. The molecule has 0 unspecified atom stereocenters. The van der Waals surface area contributed by atoms with E-state index in [2.05, 4.69) is 4.90 Å². The molecule has 2 heterocycles. The number of sulfonamides is 1. The maximum atomic E-state index is 13.4. The summed E-state index contributed by atoms with van der Waals surface area (Å²) in [4.78, 5) is 2.58. The van der Waals surface area contributed by atoms with Gasteiger partial charge in [-0.15, -0.1) is 11.8 Å². The van der Waals surface area contributed by atoms with Gasteiger partial charge in [-0.3, -0.25) is 4.31 Å². The Balaban J connectivity index is 1.53. The summed E-state index contributed by atoms with van der Waals surface area (Å²) in [5, 5.41) is -0.252. The van der Waals surface area contributed by atoms with Crippen molar-refractivity contribution < 1.29 is 26.3 Å². The molecule has 0 radical (unpaired) electrons. The monoisotopic (exact) mass is 534 g/mol. The summed E-state index contributed by atoms with van der Waals surface area (Å²) < 4.78 is 73.5. The van der Waals surface area contributed by atoms with Crippen LogP contribution in [-0.2, 0) is 16.2 Å². The molecule has 0 saturated carbocycles. The van der Waals surface area contributed by atoms with Crippen LogP contribution in [-0.4, -0.2) is 51.9 Å². The van der Waals surface area contributed by atoms with Crippen molar-refractivity contribution in [2.75, 3.05) is 42.8 Å². The molecule has 1 fully saturated rings. The molecule has 2 aromatic rings. The van der Waals surface area contributed by atoms with Crippen molar-refractivity contribution in [3.8, 4) is 5.75 Å². The number of piperidine rings is 1. The summed E-state index contributed by atoms with van der Waals surface area (Å²) in [6.45, 7) is 3.79. The number of benzene rings is 2. The molecule has 0 aromatic heterocycles. The van der Waals surface area contributed by atoms with Crippen molar-refractivity contribution in [1.82, 2.24) is 4.90 Å². The summed E-state index contributed by atoms with van der Waals surface area (Å²) in [5.41, 5.74) is -0.675. The SMILES string of the molecule is O=S(=O)(c1cc(C(F)(F)F)ccc1Cl)N1CCSc2ccc(OCCCN3CCCCC3)cc21. The second-order valence-electron chi connectivity index (χ2n) is 8.30. The van der Waals surface area contributed by atoms with Crippen LogP contribution in [0.25, 0.3) is 0 Å². The third kappa shape index (κ3) is 5.78. The van der Waals surface area contributed by atoms with Crippen molar-refractivity contribution in [1.29, 1.82) is 0 Å². The number of fused-ring (bicyclic) bond motifs is 1. The average molecular weight is 535 g/mol. The zero-order valence-electron chi connectivity index (χ0n) is 18.5. The van der Waals surface area contributed by atoms with E-state index in [1.165, 1.54) is 31.0 Å². The van der Waals surface area contributed by atoms with E-state index in [9.17, 15) is 21.6 Å². The fraction of sp³-hybridized carbons (Fsp3) is 0.478. The lowest BCUT2D eigenvalue weighted by atomic mass is 10.1. The quantitative estimate of drug-likeness (QED) is 0.413. The lowest BCUT2D eigenvalue weighted by molar-refractivity contribution is -0.137. The van der Waals surface area contributed by atoms with Crippen molar-refractivity contribution in [3.63, 3.8) is 0 Å². The summed E-state index contributed by atoms with van der Waals surface area (Å²) in [6, 6.07) is 7.56. The standard InChI is InChI=1S/C23H26ClF3N2O3S2/c24-19-7-5-17(23(25,26)27)15-22(19)34(30,31)29-12-14-33-21-8-6-18(16-20(21)29)32-13-4-11-28-9-2-1-3-10-28/h5-8,15-16H,1-4,9-14H2. The van der Waals surface area contributed by atoms with Gasteiger partial charge in [0, 0.05) is 29.8 Å². The summed E-state index contributed by atoms with van der Waals surface area (Å²) in [6.07, 6.45) is -0.0915. The topological polar surface area (TPSA) is 49.9 Å². The van der Waals surface area contributed by atoms with E-state index in [0.29, 0.717) is 29.9 Å². The minimum absolute atomic E-state index is 0.116. The molecule has 0 atom stereocenters. The highest BCUT2D eigenvalue weighted by Crippen LogP contribution is 2.42. The van der Waals surface area contributed by atoms with Gasteiger partial charge in [-0.2, -0.15) is 13.2 Å². The molecular formula is C23H26ClF3N2O3S2. The first-order chi connectivity index (χ1) is 16.2. The van der Waals surface area contributed by atoms with Crippen LogP contribution in [0.1, 0.15) is 31.2 Å². The van der Waals surface area contributed by atoms with E-state index < -0.39 is 26.7 Å². The molecule has 0 aliphatic carbocycles. The number of hydrogen-bond acceptors (Lipinski definition) is 5. The first kappa shape index (κ1) is 25.5. The van der Waals surface area contributed by atoms with Crippen LogP contribution in [0.2, 0.25) is 5.02 Å². The Morgan fingerprint density at radius 1 is 1.03 bits per heavy atom. The zero-order valence-corrected chi connectivity index (χ0v) is 20.9. The van der Waals surface area contributed by atoms with Crippen LogP contribution in [0, 0.1) is 0 Å². The molecule has 186 valence electrons. The largest absolute Gasteiger partial charge is 0.493 e. The van der Waals surface area contributed by atoms with Crippen LogP contribution >= 0.6 is 23.4 Å². The fourth-order valence-electron chi connectivity index (χ4n) is 4.17. The lowest BCUT2D eigenvalue weighted by Gasteiger charge is -2.31. The van der Waals surface area contributed by atoms with E-state index in [0.717, 1.165) is 47.4 Å². The smallest absolute Gasteiger partial charge is 0.416 e. The van der Waals surface area contributed by atoms with Crippen LogP contribution in [0.15, 0.2) is 46.2 Å². The molecule has 2 aromatic carbocycles. The van der Waals surface area contributed by atoms with Crippen molar-refractivity contribution in [3.05, 3.63) is 47.0 Å². The molecule has 2 aliphatic rings. The van der Waals surface area contributed by atoms with Gasteiger partial charge in [0.15, 0.2) is 0 Å². The Kier molecular flexibility index (Phi) is 7.91. The number of rotatable bonds is 7. The van der Waals surface area contributed by atoms with Gasteiger partial charge < -0.3 is 9.64 Å². The van der Waals surface area contributed by atoms with Crippen molar-refractivity contribution in [2.24, 2.45) is 0 Å². The third-order valence-corrected chi connectivity index (χ3v) is 9.25. The number of thioether (sulfide) groups is 1. The first-order valence-electron chi connectivity index (χ1n) is 11.2. The summed E-state index contributed by atoms with van der Waals surface area (Å²) in [5.74, 6) is 0.994. The molecular weight excluding hydrogens is 509 g/mol. The van der Waals surface area contributed by atoms with Gasteiger partial charge in [0.25, 0.3) is 10.0 Å². The Hall–Kier alpha value is -1.62. The van der Waals surface area contributed by atoms with Gasteiger partial charge >= 0.3 is 6.18 Å². The number of hydrogen-bond donors (Lipinski definition) is 0. The molecule has 5 nitrogen and oxygen atoms in total. The highest BCUT2D eigenvalue weighted by molar-refractivity contribution is 8.00. The number of alkyl halides is 3. The predicted octanol–water partition coefficient (Wildman–Crippen LogP) is 5.91. The predicted molar refractivity (Wildman–Crippen MR) is 129 cm³/mol. The van der Waals surface area contributed by atoms with E-state index >= 15 is 0 Å². The van der Waals surface area contributed by atoms with Crippen molar-refractivity contribution in [2.45, 2.75) is 41.7 Å². The van der Waals surface area contributed by atoms with Crippen LogP contribution in [0.5, 0.6) is 5.75 Å². The number of ether oxygens (including phenoxy) is 1. The molecule has 34 heavy (non-hydrogen) atoms. The Labute approximate surface area is 207 Å². The normalized spacial score (nSPS) is 17.5. The lowest BCUT2D eigenvalue weighted by Crippen LogP contribution is -2.35. The van der Waals surface area contributed by atoms with Gasteiger partial charge in [-0.1, -0.05) is 18.0 Å². The van der Waals surface area contributed by atoms with Gasteiger partial charge in [0.1, 0.15) is 10.6 Å². The van der Waals surface area contributed by atoms with Crippen LogP contribution in [0.3, 0.4) is 0 Å². The zero-order chi connectivity index (χ0) is 24.3. The minimum atomic E-state index is -4.68. The van der Waals surface area contributed by atoms with Gasteiger partial charge in [-0.25, -0.2) is 8.42 Å². The second-order valence-corrected chi connectivity index (χ2v) is 11.7. The summed E-state index contributed by atoms with van der Waals surface area (Å²) in [7, 11) is -4.32. The average Bonchev–Trinajstić information content (AvgIpc) is 2.81. The highest BCUT2D eigenvalue weighted by Gasteiger charge is 2.36. The fourth-order valence-corrected chi connectivity index (χ4v) is 7.30. The van der Waals surface area contributed by atoms with Crippen LogP contribution in [0.4, 0.5) is 18.9 Å². The maximum Gasteiger partial charge on any atom is 0.416 e. The third-order valence-electron chi connectivity index (χ3n) is 5.91. The number of anilines is 1. The molecule has 4 rings (SSSR count). The maximum absolute atomic E-state index is 13.4. The molecule has 0 amide bonds. The number of nitrogens with zero attached hydrogens (tertiary/aromatic N) is 2. The first-order valence-corrected chi connectivity index (χ1v) is 14.0. The van der Waals surface area contributed by atoms with Gasteiger partial charge in [0.2, 0.25) is 0 Å². The van der Waals surface area contributed by atoms with E-state index in [4.69, 9.17) is 16.3 Å². The van der Waals surface area contributed by atoms with E-state index in [1.54, 1.807) is 18.2 Å². The van der Waals surface area contributed by atoms with E-state index in [-0.39, 0.29) is 11.6 Å². The molecule has 0 bridgehead atoms. The van der Waals surface area contributed by atoms with Crippen molar-refractivity contribution >= 4 is 39.1 Å².